The summed E-state index contributed by atoms with van der Waals surface area (Å²) < 4.78 is 28.7. The van der Waals surface area contributed by atoms with E-state index in [0.29, 0.717) is 12.3 Å². The molecule has 19 heavy (non-hydrogen) atoms. The zero-order valence-electron chi connectivity index (χ0n) is 11.0. The van der Waals surface area contributed by atoms with Crippen LogP contribution in [0, 0.1) is 0 Å². The van der Waals surface area contributed by atoms with Crippen molar-refractivity contribution in [3.05, 3.63) is 35.4 Å². The van der Waals surface area contributed by atoms with E-state index in [-0.39, 0.29) is 12.6 Å². The maximum atomic E-state index is 11.9. The summed E-state index contributed by atoms with van der Waals surface area (Å²) in [5, 5.41) is 0. The number of nitrogens with two attached hydrogens (primary N) is 1. The molecule has 1 aromatic carbocycles. The smallest absolute Gasteiger partial charge is 0.261 e. The summed E-state index contributed by atoms with van der Waals surface area (Å²) in [5.41, 5.74) is 8.50. The summed E-state index contributed by atoms with van der Waals surface area (Å²) in [4.78, 5) is 0. The number of benzene rings is 1. The van der Waals surface area contributed by atoms with Gasteiger partial charge in [-0.25, -0.2) is 8.78 Å². The lowest BCUT2D eigenvalue weighted by atomic mass is 9.79. The van der Waals surface area contributed by atoms with Crippen LogP contribution in [0.3, 0.4) is 0 Å². The monoisotopic (exact) mass is 269 g/mol. The Morgan fingerprint density at radius 1 is 1.32 bits per heavy atom. The molecule has 0 heterocycles. The normalized spacial score (nSPS) is 17.5. The van der Waals surface area contributed by atoms with Crippen LogP contribution in [0.1, 0.15) is 48.8 Å². The van der Waals surface area contributed by atoms with E-state index in [1.807, 2.05) is 12.1 Å². The minimum Gasteiger partial charge on any atom is -0.375 e. The maximum absolute atomic E-state index is 11.9. The van der Waals surface area contributed by atoms with E-state index in [1.54, 1.807) is 0 Å². The zero-order valence-corrected chi connectivity index (χ0v) is 11.0. The molecular formula is C15H21F2NO. The molecule has 1 unspecified atom stereocenters. The Labute approximate surface area is 112 Å². The fraction of sp³-hybridized carbons (Fsp3) is 0.600. The van der Waals surface area contributed by atoms with Gasteiger partial charge in [-0.2, -0.15) is 0 Å². The first-order valence-corrected chi connectivity index (χ1v) is 6.88. The van der Waals surface area contributed by atoms with Crippen molar-refractivity contribution in [1.82, 2.24) is 0 Å². The highest BCUT2D eigenvalue weighted by Gasteiger charge is 2.20. The maximum Gasteiger partial charge on any atom is 0.261 e. The van der Waals surface area contributed by atoms with Crippen LogP contribution in [0.5, 0.6) is 0 Å². The lowest BCUT2D eigenvalue weighted by molar-refractivity contribution is 0.0152. The minimum atomic E-state index is -2.40. The molecule has 0 aliphatic heterocycles. The van der Waals surface area contributed by atoms with E-state index >= 15 is 0 Å². The number of hydrogen-bond acceptors (Lipinski definition) is 2. The molecule has 1 aromatic rings. The fourth-order valence-corrected chi connectivity index (χ4v) is 2.33. The second kappa shape index (κ2) is 6.96. The Morgan fingerprint density at radius 3 is 2.74 bits per heavy atom. The molecule has 2 nitrogen and oxygen atoms in total. The van der Waals surface area contributed by atoms with E-state index in [9.17, 15) is 8.78 Å². The van der Waals surface area contributed by atoms with Crippen LogP contribution in [0.2, 0.25) is 0 Å². The standard InChI is InChI=1S/C15H21F2NO/c16-15(17)10-19-8-7-14(18)13-6-2-5-12(9-13)11-3-1-4-11/h2,5-6,9,11,14-15H,1,3-4,7-8,10,18H2. The Morgan fingerprint density at radius 2 is 2.11 bits per heavy atom. The molecule has 0 saturated heterocycles. The molecule has 0 spiro atoms. The van der Waals surface area contributed by atoms with Crippen LogP contribution in [0.25, 0.3) is 0 Å². The predicted molar refractivity (Wildman–Crippen MR) is 71.4 cm³/mol. The molecule has 0 aromatic heterocycles. The van der Waals surface area contributed by atoms with Crippen molar-refractivity contribution in [3.63, 3.8) is 0 Å². The molecule has 2 rings (SSSR count). The molecule has 4 heteroatoms. The van der Waals surface area contributed by atoms with Crippen LogP contribution in [-0.4, -0.2) is 19.6 Å². The van der Waals surface area contributed by atoms with Crippen molar-refractivity contribution >= 4 is 0 Å². The molecule has 106 valence electrons. The van der Waals surface area contributed by atoms with Gasteiger partial charge in [0, 0.05) is 12.6 Å². The molecule has 0 bridgehead atoms. The van der Waals surface area contributed by atoms with Crippen molar-refractivity contribution in [2.45, 2.75) is 44.1 Å². The van der Waals surface area contributed by atoms with Gasteiger partial charge in [0.1, 0.15) is 6.61 Å². The van der Waals surface area contributed by atoms with Crippen molar-refractivity contribution in [1.29, 1.82) is 0 Å². The highest BCUT2D eigenvalue weighted by atomic mass is 19.3. The number of halogens is 2. The molecule has 1 aliphatic rings. The van der Waals surface area contributed by atoms with Gasteiger partial charge in [-0.3, -0.25) is 0 Å². The SMILES string of the molecule is NC(CCOCC(F)F)c1cccc(C2CCC2)c1. The lowest BCUT2D eigenvalue weighted by Gasteiger charge is -2.26. The molecule has 1 atom stereocenters. The summed E-state index contributed by atoms with van der Waals surface area (Å²) in [6.45, 7) is -0.228. The highest BCUT2D eigenvalue weighted by molar-refractivity contribution is 5.29. The summed E-state index contributed by atoms with van der Waals surface area (Å²) in [6, 6.07) is 8.19. The van der Waals surface area contributed by atoms with Crippen molar-refractivity contribution in [3.8, 4) is 0 Å². The topological polar surface area (TPSA) is 35.2 Å². The average Bonchev–Trinajstić information content (AvgIpc) is 2.32. The summed E-state index contributed by atoms with van der Waals surface area (Å²) >= 11 is 0. The summed E-state index contributed by atoms with van der Waals surface area (Å²) in [5.74, 6) is 0.683. The van der Waals surface area contributed by atoms with Gasteiger partial charge in [0.15, 0.2) is 0 Å². The molecule has 1 fully saturated rings. The van der Waals surface area contributed by atoms with Gasteiger partial charge in [-0.15, -0.1) is 0 Å². The molecule has 1 saturated carbocycles. The van der Waals surface area contributed by atoms with Crippen LogP contribution in [0.15, 0.2) is 24.3 Å². The second-order valence-corrected chi connectivity index (χ2v) is 5.16. The molecule has 1 aliphatic carbocycles. The van der Waals surface area contributed by atoms with Crippen LogP contribution >= 0.6 is 0 Å². The van der Waals surface area contributed by atoms with Crippen molar-refractivity contribution in [2.24, 2.45) is 5.73 Å². The Kier molecular flexibility index (Phi) is 5.28. The van der Waals surface area contributed by atoms with Gasteiger partial charge in [0.05, 0.1) is 0 Å². The first kappa shape index (κ1) is 14.4. The minimum absolute atomic E-state index is 0.141. The van der Waals surface area contributed by atoms with Gasteiger partial charge in [-0.05, 0) is 36.3 Å². The summed E-state index contributed by atoms with van der Waals surface area (Å²) in [6.07, 6.45) is 1.99. The van der Waals surface area contributed by atoms with E-state index in [0.717, 1.165) is 5.56 Å². The third kappa shape index (κ3) is 4.25. The third-order valence-electron chi connectivity index (χ3n) is 3.73. The van der Waals surface area contributed by atoms with E-state index in [4.69, 9.17) is 10.5 Å². The summed E-state index contributed by atoms with van der Waals surface area (Å²) in [7, 11) is 0. The second-order valence-electron chi connectivity index (χ2n) is 5.16. The molecule has 2 N–H and O–H groups in total. The molecular weight excluding hydrogens is 248 g/mol. The highest BCUT2D eigenvalue weighted by Crippen LogP contribution is 2.36. The Balaban J connectivity index is 1.82. The van der Waals surface area contributed by atoms with Gasteiger partial charge < -0.3 is 10.5 Å². The Hall–Kier alpha value is -1.00. The fourth-order valence-electron chi connectivity index (χ4n) is 2.33. The number of alkyl halides is 2. The quantitative estimate of drug-likeness (QED) is 0.767. The van der Waals surface area contributed by atoms with Gasteiger partial charge in [-0.1, -0.05) is 30.7 Å². The number of hydrogen-bond donors (Lipinski definition) is 1. The van der Waals surface area contributed by atoms with Crippen LogP contribution in [0.4, 0.5) is 8.78 Å². The first-order valence-electron chi connectivity index (χ1n) is 6.88. The molecule has 0 amide bonds. The predicted octanol–water partition coefficient (Wildman–Crippen LogP) is 3.63. The van der Waals surface area contributed by atoms with E-state index in [1.165, 1.54) is 24.8 Å². The number of ether oxygens (including phenoxy) is 1. The third-order valence-corrected chi connectivity index (χ3v) is 3.73. The lowest BCUT2D eigenvalue weighted by Crippen LogP contribution is -2.16. The van der Waals surface area contributed by atoms with Gasteiger partial charge in [0.2, 0.25) is 0 Å². The van der Waals surface area contributed by atoms with Crippen LogP contribution in [-0.2, 0) is 4.74 Å². The van der Waals surface area contributed by atoms with E-state index < -0.39 is 13.0 Å². The van der Waals surface area contributed by atoms with Crippen molar-refractivity contribution in [2.75, 3.05) is 13.2 Å². The molecule has 0 radical (unpaired) electrons. The first-order chi connectivity index (χ1) is 9.16. The average molecular weight is 269 g/mol. The van der Waals surface area contributed by atoms with Gasteiger partial charge in [0.25, 0.3) is 6.43 Å². The van der Waals surface area contributed by atoms with E-state index in [2.05, 4.69) is 12.1 Å². The van der Waals surface area contributed by atoms with Gasteiger partial charge >= 0.3 is 0 Å². The Bertz CT molecular complexity index is 393. The van der Waals surface area contributed by atoms with Crippen molar-refractivity contribution < 1.29 is 13.5 Å². The largest absolute Gasteiger partial charge is 0.375 e. The van der Waals surface area contributed by atoms with Crippen LogP contribution < -0.4 is 5.73 Å². The zero-order chi connectivity index (χ0) is 13.7. The number of rotatable bonds is 7.